The van der Waals surface area contributed by atoms with E-state index in [9.17, 15) is 4.21 Å². The fourth-order valence-electron chi connectivity index (χ4n) is 2.92. The molecule has 16 heteroatoms. The fraction of sp³-hybridized carbons (Fsp3) is 0.296. The third-order valence-electron chi connectivity index (χ3n) is 4.79. The average molecular weight is 749 g/mol. The summed E-state index contributed by atoms with van der Waals surface area (Å²) in [7, 11) is -2.72. The van der Waals surface area contributed by atoms with Crippen LogP contribution in [0.1, 0.15) is 35.1 Å². The van der Waals surface area contributed by atoms with Crippen LogP contribution in [0.3, 0.4) is 0 Å². The first-order chi connectivity index (χ1) is 19.7. The Morgan fingerprint density at radius 3 is 1.91 bits per heavy atom. The van der Waals surface area contributed by atoms with E-state index < -0.39 is 15.0 Å². The van der Waals surface area contributed by atoms with E-state index in [1.54, 1.807) is 66.5 Å². The number of hydrogen-bond acceptors (Lipinski definition) is 10. The van der Waals surface area contributed by atoms with Crippen LogP contribution in [0.25, 0.3) is 0 Å². The number of rotatable bonds is 7. The SMILES string of the molecule is C.CS(=O)(=NC#N)C(Cc1cscn1)c1ccc(Cl)nc1.CSCc1ccc(Cl)nc1.C[S-].ClCc1ccc(Cl)nc1.[Na+]. The van der Waals surface area contributed by atoms with E-state index in [2.05, 4.69) is 43.2 Å². The number of thioether (sulfide) groups is 1. The Morgan fingerprint density at radius 2 is 1.51 bits per heavy atom. The largest absolute Gasteiger partial charge is 1.00 e. The van der Waals surface area contributed by atoms with Crippen molar-refractivity contribution >= 4 is 91.9 Å². The van der Waals surface area contributed by atoms with Crippen LogP contribution in [0.2, 0.25) is 15.5 Å². The molecule has 7 nitrogen and oxygen atoms in total. The Hall–Kier alpha value is -0.620. The van der Waals surface area contributed by atoms with Gasteiger partial charge in [-0.15, -0.1) is 27.3 Å². The van der Waals surface area contributed by atoms with E-state index in [4.69, 9.17) is 51.7 Å². The summed E-state index contributed by atoms with van der Waals surface area (Å²) in [6, 6.07) is 10.8. The van der Waals surface area contributed by atoms with Crippen LogP contribution in [-0.4, -0.2) is 42.9 Å². The first-order valence-electron chi connectivity index (χ1n) is 11.4. The van der Waals surface area contributed by atoms with Crippen molar-refractivity contribution in [1.29, 1.82) is 5.26 Å². The van der Waals surface area contributed by atoms with Crippen LogP contribution < -0.4 is 29.6 Å². The van der Waals surface area contributed by atoms with Gasteiger partial charge in [-0.3, -0.25) is 0 Å². The molecule has 43 heavy (non-hydrogen) atoms. The minimum atomic E-state index is -2.72. The summed E-state index contributed by atoms with van der Waals surface area (Å²) in [6.07, 6.45) is 12.2. The zero-order chi connectivity index (χ0) is 30.7. The molecular formula is C27H31Cl4N6NaOS4. The second-order valence-corrected chi connectivity index (χ2v) is 13.2. The van der Waals surface area contributed by atoms with Gasteiger partial charge in [0.25, 0.3) is 0 Å². The molecule has 0 aliphatic heterocycles. The molecule has 0 N–H and O–H groups in total. The van der Waals surface area contributed by atoms with Gasteiger partial charge in [-0.25, -0.2) is 24.1 Å². The molecule has 0 radical (unpaired) electrons. The van der Waals surface area contributed by atoms with Crippen molar-refractivity contribution in [2.75, 3.05) is 18.8 Å². The smallest absolute Gasteiger partial charge is 0.796 e. The summed E-state index contributed by atoms with van der Waals surface area (Å²) >= 11 is 29.7. The fourth-order valence-corrected chi connectivity index (χ4v) is 5.90. The molecule has 0 bridgehead atoms. The summed E-state index contributed by atoms with van der Waals surface area (Å²) in [5.74, 6) is 1.49. The Labute approximate surface area is 311 Å². The van der Waals surface area contributed by atoms with Crippen molar-refractivity contribution < 1.29 is 33.8 Å². The zero-order valence-electron chi connectivity index (χ0n) is 23.3. The first-order valence-corrected chi connectivity index (χ1v) is 18.2. The predicted octanol–water partition coefficient (Wildman–Crippen LogP) is 5.93. The van der Waals surface area contributed by atoms with Gasteiger partial charge in [-0.1, -0.05) is 60.4 Å². The summed E-state index contributed by atoms with van der Waals surface area (Å²) in [5, 5.41) is 11.6. The third kappa shape index (κ3) is 18.2. The summed E-state index contributed by atoms with van der Waals surface area (Å²) in [4.78, 5) is 16.0. The molecule has 228 valence electrons. The van der Waals surface area contributed by atoms with E-state index in [1.165, 1.54) is 23.2 Å². The molecule has 4 rings (SSSR count). The Balaban J connectivity index is 0. The van der Waals surface area contributed by atoms with Crippen LogP contribution in [0.5, 0.6) is 0 Å². The zero-order valence-corrected chi connectivity index (χ0v) is 31.6. The number of aromatic nitrogens is 4. The molecule has 0 aliphatic rings. The van der Waals surface area contributed by atoms with Gasteiger partial charge in [0, 0.05) is 48.3 Å². The molecule has 0 spiro atoms. The van der Waals surface area contributed by atoms with E-state index in [0.717, 1.165) is 22.6 Å². The average Bonchev–Trinajstić information content (AvgIpc) is 3.49. The minimum Gasteiger partial charge on any atom is -0.796 e. The van der Waals surface area contributed by atoms with Gasteiger partial charge in [-0.2, -0.15) is 23.3 Å². The maximum Gasteiger partial charge on any atom is 1.00 e. The number of thiazole rings is 1. The van der Waals surface area contributed by atoms with Crippen molar-refractivity contribution in [3.8, 4) is 6.19 Å². The number of hydrogen-bond donors (Lipinski definition) is 0. The molecule has 2 atom stereocenters. The van der Waals surface area contributed by atoms with Crippen LogP contribution in [0, 0.1) is 11.5 Å². The van der Waals surface area contributed by atoms with Gasteiger partial charge in [0.1, 0.15) is 15.5 Å². The van der Waals surface area contributed by atoms with Crippen molar-refractivity contribution in [3.05, 3.63) is 104 Å². The Bertz CT molecular complexity index is 1430. The van der Waals surface area contributed by atoms with Gasteiger partial charge >= 0.3 is 29.6 Å². The number of alkyl halides is 1. The standard InChI is InChI=1S/C12H11ClN4OS2.C7H8ClNS.C6H5Cl2N.CH4S.CH4.Na/c1-20(18,17-7-14)11(4-10-6-19-8-16-10)9-2-3-12(13)15-5-9;1-10-5-6-2-3-7(8)9-4-6;7-3-5-1-2-6(8)9-4-5;1-2;;/h2-3,5-6,8,11H,4H2,1H3;2-4H,5H2,1H3;1-2,4H,3H2;2H,1H3;1H4;/q;;;;;+1/p-1. The van der Waals surface area contributed by atoms with Gasteiger partial charge in [-0.05, 0) is 41.1 Å². The van der Waals surface area contributed by atoms with Crippen LogP contribution in [0.15, 0.2) is 70.2 Å². The van der Waals surface area contributed by atoms with Gasteiger partial charge < -0.3 is 12.6 Å². The maximum absolute atomic E-state index is 12.6. The van der Waals surface area contributed by atoms with Crippen LogP contribution in [0.4, 0.5) is 0 Å². The third-order valence-corrected chi connectivity index (χ3v) is 8.97. The second kappa shape index (κ2) is 25.6. The van der Waals surface area contributed by atoms with Crippen molar-refractivity contribution in [2.24, 2.45) is 4.36 Å². The van der Waals surface area contributed by atoms with E-state index in [-0.39, 0.29) is 37.0 Å². The molecule has 4 heterocycles. The molecule has 2 unspecified atom stereocenters. The van der Waals surface area contributed by atoms with Crippen LogP contribution in [-0.2, 0) is 40.4 Å². The monoisotopic (exact) mass is 746 g/mol. The van der Waals surface area contributed by atoms with Crippen molar-refractivity contribution in [3.63, 3.8) is 0 Å². The van der Waals surface area contributed by atoms with Crippen molar-refractivity contribution in [2.45, 2.75) is 30.7 Å². The topological polar surface area (TPSA) is 105 Å². The van der Waals surface area contributed by atoms with Gasteiger partial charge in [0.05, 0.1) is 26.2 Å². The molecule has 0 aromatic carbocycles. The Morgan fingerprint density at radius 1 is 0.977 bits per heavy atom. The van der Waals surface area contributed by atoms with Crippen molar-refractivity contribution in [1.82, 2.24) is 19.9 Å². The molecule has 0 saturated heterocycles. The summed E-state index contributed by atoms with van der Waals surface area (Å²) in [5.41, 5.74) is 5.47. The summed E-state index contributed by atoms with van der Waals surface area (Å²) < 4.78 is 16.2. The normalized spacial score (nSPS) is 11.4. The number of halogens is 4. The molecule has 4 aromatic rings. The molecule has 0 aliphatic carbocycles. The minimum absolute atomic E-state index is 0. The molecule has 0 saturated carbocycles. The quantitative estimate of drug-likeness (QED) is 0.0754. The van der Waals surface area contributed by atoms with Gasteiger partial charge in [0.15, 0.2) is 0 Å². The maximum atomic E-state index is 12.6. The van der Waals surface area contributed by atoms with E-state index in [0.29, 0.717) is 27.8 Å². The van der Waals surface area contributed by atoms with E-state index in [1.807, 2.05) is 23.6 Å². The molecule has 4 aromatic heterocycles. The van der Waals surface area contributed by atoms with Gasteiger partial charge in [0.2, 0.25) is 6.19 Å². The predicted molar refractivity (Wildman–Crippen MR) is 185 cm³/mol. The molecular weight excluding hydrogens is 717 g/mol. The number of pyridine rings is 3. The first kappa shape index (κ1) is 44.5. The number of nitriles is 1. The second-order valence-electron chi connectivity index (χ2n) is 7.68. The van der Waals surface area contributed by atoms with Crippen LogP contribution >= 0.6 is 69.5 Å². The molecule has 0 amide bonds. The Kier molecular flexibility index (Phi) is 26.5. The number of nitrogens with zero attached hydrogens (tertiary/aromatic N) is 6. The summed E-state index contributed by atoms with van der Waals surface area (Å²) in [6.45, 7) is 0. The van der Waals surface area contributed by atoms with E-state index >= 15 is 0 Å². The molecule has 0 fully saturated rings.